The number of amides is 1. The molecule has 1 aliphatic heterocycles. The van der Waals surface area contributed by atoms with E-state index in [2.05, 4.69) is 10.1 Å². The van der Waals surface area contributed by atoms with Crippen LogP contribution in [0.25, 0.3) is 5.57 Å². The topological polar surface area (TPSA) is 61.8 Å². The second-order valence-corrected chi connectivity index (χ2v) is 8.62. The lowest BCUT2D eigenvalue weighted by Gasteiger charge is -2.38. The first-order chi connectivity index (χ1) is 15.8. The molecule has 3 atom stereocenters. The number of piperidine rings is 1. The first-order valence-electron chi connectivity index (χ1n) is 10.6. The van der Waals surface area contributed by atoms with Crippen LogP contribution < -0.4 is 5.32 Å². The number of aliphatic hydroxyl groups excluding tert-OH is 1. The van der Waals surface area contributed by atoms with Gasteiger partial charge in [-0.3, -0.25) is 9.69 Å². The van der Waals surface area contributed by atoms with Crippen LogP contribution in [0, 0.1) is 5.92 Å². The molecule has 0 radical (unpaired) electrons. The zero-order valence-electron chi connectivity index (χ0n) is 18.0. The Morgan fingerprint density at radius 2 is 1.94 bits per heavy atom. The lowest BCUT2D eigenvalue weighted by Crippen LogP contribution is -2.56. The molecule has 188 valence electrons. The molecule has 1 fully saturated rings. The summed E-state index contributed by atoms with van der Waals surface area (Å²) in [5.74, 6) is -1.47. The summed E-state index contributed by atoms with van der Waals surface area (Å²) < 4.78 is 81.7. The molecule has 1 saturated heterocycles. The van der Waals surface area contributed by atoms with E-state index in [1.54, 1.807) is 13.0 Å². The van der Waals surface area contributed by atoms with Gasteiger partial charge in [0.1, 0.15) is 5.76 Å². The highest BCUT2D eigenvalue weighted by Crippen LogP contribution is 2.40. The van der Waals surface area contributed by atoms with E-state index in [9.17, 15) is 36.2 Å². The predicted molar refractivity (Wildman–Crippen MR) is 113 cm³/mol. The van der Waals surface area contributed by atoms with Gasteiger partial charge in [0.2, 0.25) is 12.1 Å². The number of rotatable bonds is 5. The van der Waals surface area contributed by atoms with Crippen molar-refractivity contribution in [1.82, 2.24) is 4.90 Å². The number of aliphatic hydroxyl groups is 1. The molecule has 1 aromatic rings. The monoisotopic (exact) mass is 512 g/mol. The number of benzene rings is 1. The number of halogens is 7. The van der Waals surface area contributed by atoms with E-state index in [0.717, 1.165) is 0 Å². The number of nitrogens with zero attached hydrogens (tertiary/aromatic N) is 1. The molecule has 0 saturated carbocycles. The van der Waals surface area contributed by atoms with Crippen molar-refractivity contribution in [3.63, 3.8) is 0 Å². The molecule has 3 unspecified atom stereocenters. The highest BCUT2D eigenvalue weighted by atomic mass is 35.5. The van der Waals surface area contributed by atoms with Gasteiger partial charge in [0.05, 0.1) is 11.1 Å². The zero-order valence-corrected chi connectivity index (χ0v) is 18.8. The minimum Gasteiger partial charge on any atom is -0.405 e. The quantitative estimate of drug-likeness (QED) is 0.485. The molecule has 0 aromatic heterocycles. The first-order valence-corrected chi connectivity index (χ1v) is 10.9. The second-order valence-electron chi connectivity index (χ2n) is 8.21. The SMILES string of the molecule is CC1CC=CC(OC(F)(F)F)=C1c1ccc(NC(=O)C2CCCCN2C(O)C(F)(F)F)cc1Cl. The van der Waals surface area contributed by atoms with Crippen molar-refractivity contribution in [2.75, 3.05) is 11.9 Å². The fourth-order valence-corrected chi connectivity index (χ4v) is 4.48. The largest absolute Gasteiger partial charge is 0.573 e. The van der Waals surface area contributed by atoms with E-state index in [-0.39, 0.29) is 46.5 Å². The van der Waals surface area contributed by atoms with Crippen LogP contribution in [-0.4, -0.2) is 47.3 Å². The fraction of sp³-hybridized carbons (Fsp3) is 0.500. The van der Waals surface area contributed by atoms with E-state index < -0.39 is 30.7 Å². The van der Waals surface area contributed by atoms with Gasteiger partial charge in [-0.2, -0.15) is 13.2 Å². The van der Waals surface area contributed by atoms with Gasteiger partial charge in [0, 0.05) is 23.4 Å². The third kappa shape index (κ3) is 6.25. The highest BCUT2D eigenvalue weighted by molar-refractivity contribution is 6.32. The molecule has 1 aromatic carbocycles. The molecular formula is C22H23ClF6N2O3. The molecule has 3 rings (SSSR count). The van der Waals surface area contributed by atoms with Crippen LogP contribution in [0.4, 0.5) is 32.0 Å². The van der Waals surface area contributed by atoms with E-state index >= 15 is 0 Å². The molecule has 12 heteroatoms. The Balaban J connectivity index is 1.83. The maximum atomic E-state index is 13.0. The Morgan fingerprint density at radius 1 is 1.24 bits per heavy atom. The number of allylic oxidation sites excluding steroid dienone is 3. The van der Waals surface area contributed by atoms with Crippen molar-refractivity contribution < 1.29 is 41.0 Å². The van der Waals surface area contributed by atoms with Crippen molar-refractivity contribution >= 4 is 28.8 Å². The normalized spacial score (nSPS) is 23.1. The minimum absolute atomic E-state index is 0.0362. The van der Waals surface area contributed by atoms with Gasteiger partial charge in [-0.1, -0.05) is 37.1 Å². The summed E-state index contributed by atoms with van der Waals surface area (Å²) >= 11 is 6.33. The number of nitrogens with one attached hydrogen (secondary N) is 1. The third-order valence-electron chi connectivity index (χ3n) is 5.72. The Kier molecular flexibility index (Phi) is 7.89. The van der Waals surface area contributed by atoms with Crippen LogP contribution in [-0.2, 0) is 9.53 Å². The van der Waals surface area contributed by atoms with Gasteiger partial charge < -0.3 is 15.2 Å². The van der Waals surface area contributed by atoms with Crippen LogP contribution in [0.15, 0.2) is 36.1 Å². The lowest BCUT2D eigenvalue weighted by molar-refractivity contribution is -0.303. The maximum Gasteiger partial charge on any atom is 0.573 e. The van der Waals surface area contributed by atoms with Gasteiger partial charge in [-0.15, -0.1) is 13.2 Å². The number of hydrogen-bond acceptors (Lipinski definition) is 4. The van der Waals surface area contributed by atoms with Gasteiger partial charge in [-0.25, -0.2) is 0 Å². The molecule has 5 nitrogen and oxygen atoms in total. The number of anilines is 1. The third-order valence-corrected chi connectivity index (χ3v) is 6.04. The second kappa shape index (κ2) is 10.2. The average molecular weight is 513 g/mol. The highest BCUT2D eigenvalue weighted by Gasteiger charge is 2.47. The van der Waals surface area contributed by atoms with Crippen molar-refractivity contribution in [3.05, 3.63) is 46.7 Å². The molecule has 2 N–H and O–H groups in total. The summed E-state index contributed by atoms with van der Waals surface area (Å²) in [5.41, 5.74) is 0.681. The van der Waals surface area contributed by atoms with E-state index in [4.69, 9.17) is 11.6 Å². The Morgan fingerprint density at radius 3 is 2.56 bits per heavy atom. The van der Waals surface area contributed by atoms with E-state index in [1.165, 1.54) is 24.3 Å². The standard InChI is InChI=1S/C22H23ClF6N2O3/c1-12-5-4-7-17(34-22(27,28)29)18(12)14-9-8-13(11-15(14)23)30-19(32)16-6-2-3-10-31(16)20(33)21(24,25)26/h4,7-9,11-12,16,20,33H,2-3,5-6,10H2,1H3,(H,30,32). The number of alkyl halides is 6. The lowest BCUT2D eigenvalue weighted by atomic mass is 9.87. The summed E-state index contributed by atoms with van der Waals surface area (Å²) in [6.45, 7) is 1.62. The maximum absolute atomic E-state index is 13.0. The molecule has 0 bridgehead atoms. The number of carbonyl (C=O) groups is 1. The Bertz CT molecular complexity index is 976. The smallest absolute Gasteiger partial charge is 0.405 e. The van der Waals surface area contributed by atoms with Crippen LogP contribution in [0.2, 0.25) is 5.02 Å². The summed E-state index contributed by atoms with van der Waals surface area (Å²) in [6, 6.07) is 2.93. The molecule has 2 aliphatic rings. The summed E-state index contributed by atoms with van der Waals surface area (Å²) in [6.07, 6.45) is -8.28. The summed E-state index contributed by atoms with van der Waals surface area (Å²) in [5, 5.41) is 12.2. The van der Waals surface area contributed by atoms with E-state index in [1.807, 2.05) is 0 Å². The summed E-state index contributed by atoms with van der Waals surface area (Å²) in [4.78, 5) is 13.4. The fourth-order valence-electron chi connectivity index (χ4n) is 4.19. The molecule has 1 aliphatic carbocycles. The van der Waals surface area contributed by atoms with Crippen molar-refractivity contribution in [2.24, 2.45) is 5.92 Å². The number of likely N-dealkylation sites (tertiary alicyclic amines) is 1. The Labute approximate surface area is 197 Å². The predicted octanol–water partition coefficient (Wildman–Crippen LogP) is 5.86. The first kappa shape index (κ1) is 26.4. The number of carbonyl (C=O) groups excluding carboxylic acids is 1. The number of hydrogen-bond donors (Lipinski definition) is 2. The molecule has 34 heavy (non-hydrogen) atoms. The average Bonchev–Trinajstić information content (AvgIpc) is 2.72. The van der Waals surface area contributed by atoms with Gasteiger partial charge in [0.25, 0.3) is 0 Å². The summed E-state index contributed by atoms with van der Waals surface area (Å²) in [7, 11) is 0. The van der Waals surface area contributed by atoms with E-state index in [0.29, 0.717) is 24.2 Å². The zero-order chi connectivity index (χ0) is 25.3. The minimum atomic E-state index is -4.91. The van der Waals surface area contributed by atoms with Crippen LogP contribution in [0.3, 0.4) is 0 Å². The molecular weight excluding hydrogens is 490 g/mol. The molecule has 1 amide bonds. The van der Waals surface area contributed by atoms with Crippen LogP contribution in [0.5, 0.6) is 0 Å². The van der Waals surface area contributed by atoms with Crippen LogP contribution in [0.1, 0.15) is 38.2 Å². The molecule has 1 heterocycles. The number of ether oxygens (including phenoxy) is 1. The van der Waals surface area contributed by atoms with Gasteiger partial charge in [0.15, 0.2) is 0 Å². The van der Waals surface area contributed by atoms with Gasteiger partial charge in [-0.05, 0) is 43.4 Å². The van der Waals surface area contributed by atoms with Crippen LogP contribution >= 0.6 is 11.6 Å². The van der Waals surface area contributed by atoms with Gasteiger partial charge >= 0.3 is 12.5 Å². The Hall–Kier alpha value is -2.24. The van der Waals surface area contributed by atoms with Crippen molar-refractivity contribution in [2.45, 2.75) is 57.4 Å². The van der Waals surface area contributed by atoms with Crippen molar-refractivity contribution in [3.8, 4) is 0 Å². The van der Waals surface area contributed by atoms with Crippen molar-refractivity contribution in [1.29, 1.82) is 0 Å². The molecule has 0 spiro atoms.